The number of hydrogen-bond donors (Lipinski definition) is 1. The number of carbonyl (C=O) groups excluding carboxylic acids is 1. The first-order chi connectivity index (χ1) is 9.01. The van der Waals surface area contributed by atoms with Gasteiger partial charge in [0.25, 0.3) is 0 Å². The number of ketones is 1. The van der Waals surface area contributed by atoms with Gasteiger partial charge >= 0.3 is 0 Å². The topological polar surface area (TPSA) is 63.2 Å². The van der Waals surface area contributed by atoms with Crippen LogP contribution in [0.4, 0.5) is 0 Å². The molecule has 0 bridgehead atoms. The van der Waals surface area contributed by atoms with Crippen LogP contribution in [-0.2, 0) is 14.6 Å². The third-order valence-electron chi connectivity index (χ3n) is 2.58. The Morgan fingerprint density at radius 1 is 1.26 bits per heavy atom. The molecule has 0 aliphatic heterocycles. The molecule has 0 fully saturated rings. The van der Waals surface area contributed by atoms with Gasteiger partial charge in [-0.05, 0) is 25.6 Å². The summed E-state index contributed by atoms with van der Waals surface area (Å²) in [6.07, 6.45) is 0.583. The lowest BCUT2D eigenvalue weighted by atomic mass is 10.1. The van der Waals surface area contributed by atoms with Gasteiger partial charge in [-0.3, -0.25) is 4.79 Å². The predicted molar refractivity (Wildman–Crippen MR) is 80.1 cm³/mol. The molecule has 19 heavy (non-hydrogen) atoms. The Kier molecular flexibility index (Phi) is 8.27. The molecule has 0 amide bonds. The highest BCUT2D eigenvalue weighted by Gasteiger charge is 2.23. The molecule has 4 nitrogen and oxygen atoms in total. The molecule has 0 aliphatic rings. The zero-order valence-corrected chi connectivity index (χ0v) is 12.8. The molecule has 0 aliphatic carbocycles. The second-order valence-electron chi connectivity index (χ2n) is 3.79. The van der Waals surface area contributed by atoms with E-state index < -0.39 is 21.6 Å². The maximum absolute atomic E-state index is 11.9. The summed E-state index contributed by atoms with van der Waals surface area (Å²) >= 11 is 0. The summed E-state index contributed by atoms with van der Waals surface area (Å²) in [5.41, 5.74) is 0. The van der Waals surface area contributed by atoms with Crippen molar-refractivity contribution in [3.8, 4) is 0 Å². The maximum atomic E-state index is 11.9. The van der Waals surface area contributed by atoms with Crippen molar-refractivity contribution in [3.05, 3.63) is 30.3 Å². The molecule has 0 saturated heterocycles. The fourth-order valence-electron chi connectivity index (χ4n) is 1.59. The van der Waals surface area contributed by atoms with Crippen molar-refractivity contribution < 1.29 is 14.6 Å². The fourth-order valence-corrected chi connectivity index (χ4v) is 2.91. The Morgan fingerprint density at radius 2 is 1.79 bits per heavy atom. The lowest BCUT2D eigenvalue weighted by molar-refractivity contribution is -0.118. The van der Waals surface area contributed by atoms with Gasteiger partial charge in [-0.1, -0.05) is 39.0 Å². The molecule has 0 spiro atoms. The summed E-state index contributed by atoms with van der Waals surface area (Å²) in [7, 11) is -1.86. The highest BCUT2D eigenvalue weighted by Crippen LogP contribution is 2.11. The summed E-state index contributed by atoms with van der Waals surface area (Å²) < 4.78 is 23.9. The van der Waals surface area contributed by atoms with Crippen molar-refractivity contribution in [3.63, 3.8) is 0 Å². The standard InChI is InChI=1S/C12H17NO3S.C2H6.H2/c1-3-11(13-2)12(14)9-17(15,16)10-7-5-4-6-8-10;1-2;/h4-8,11,13H,3,9H2,1-2H3;1-2H3;1H. The SMILES string of the molecule is CC.CCC(NC)C(=O)CS(=O)(=O)c1ccccc1.[HH]. The van der Waals surface area contributed by atoms with E-state index in [0.717, 1.165) is 0 Å². The van der Waals surface area contributed by atoms with Crippen molar-refractivity contribution in [2.24, 2.45) is 0 Å². The Morgan fingerprint density at radius 3 is 2.21 bits per heavy atom. The number of rotatable bonds is 6. The summed E-state index contributed by atoms with van der Waals surface area (Å²) in [6, 6.07) is 7.64. The molecule has 1 unspecified atom stereocenters. The smallest absolute Gasteiger partial charge is 0.185 e. The van der Waals surface area contributed by atoms with Crippen LogP contribution in [0.5, 0.6) is 0 Å². The molecular formula is C14H25NO3S. The largest absolute Gasteiger partial charge is 0.311 e. The molecule has 0 heterocycles. The van der Waals surface area contributed by atoms with Gasteiger partial charge in [-0.2, -0.15) is 0 Å². The van der Waals surface area contributed by atoms with Crippen LogP contribution in [0, 0.1) is 0 Å². The monoisotopic (exact) mass is 287 g/mol. The van der Waals surface area contributed by atoms with Crippen LogP contribution in [0.25, 0.3) is 0 Å². The van der Waals surface area contributed by atoms with Crippen molar-refractivity contribution >= 4 is 15.6 Å². The Hall–Kier alpha value is -1.20. The molecule has 1 rings (SSSR count). The van der Waals surface area contributed by atoms with E-state index in [0.29, 0.717) is 6.42 Å². The minimum absolute atomic E-state index is 0. The van der Waals surface area contributed by atoms with Gasteiger partial charge in [0.2, 0.25) is 0 Å². The van der Waals surface area contributed by atoms with E-state index in [1.165, 1.54) is 12.1 Å². The van der Waals surface area contributed by atoms with Gasteiger partial charge in [0.1, 0.15) is 5.75 Å². The molecule has 110 valence electrons. The van der Waals surface area contributed by atoms with Crippen LogP contribution in [0.1, 0.15) is 28.6 Å². The molecule has 1 aromatic carbocycles. The van der Waals surface area contributed by atoms with Crippen molar-refractivity contribution in [2.45, 2.75) is 38.1 Å². The van der Waals surface area contributed by atoms with Gasteiger partial charge < -0.3 is 5.32 Å². The van der Waals surface area contributed by atoms with Gasteiger partial charge in [0, 0.05) is 1.43 Å². The molecule has 0 aromatic heterocycles. The second-order valence-corrected chi connectivity index (χ2v) is 5.78. The first kappa shape index (κ1) is 17.8. The van der Waals surface area contributed by atoms with Crippen molar-refractivity contribution in [2.75, 3.05) is 12.8 Å². The molecule has 1 aromatic rings. The van der Waals surface area contributed by atoms with Crippen molar-refractivity contribution in [1.29, 1.82) is 0 Å². The molecule has 1 atom stereocenters. The summed E-state index contributed by atoms with van der Waals surface area (Å²) in [4.78, 5) is 11.9. The average Bonchev–Trinajstić information content (AvgIpc) is 2.43. The van der Waals surface area contributed by atoms with Crippen molar-refractivity contribution in [1.82, 2.24) is 5.32 Å². The maximum Gasteiger partial charge on any atom is 0.185 e. The molecule has 0 saturated carbocycles. The predicted octanol–water partition coefficient (Wildman–Crippen LogP) is 2.30. The first-order valence-corrected chi connectivity index (χ1v) is 8.14. The Labute approximate surface area is 117 Å². The fraction of sp³-hybridized carbons (Fsp3) is 0.500. The minimum Gasteiger partial charge on any atom is -0.311 e. The summed E-state index contributed by atoms with van der Waals surface area (Å²) in [5, 5.41) is 2.81. The van der Waals surface area contributed by atoms with E-state index in [-0.39, 0.29) is 12.1 Å². The third kappa shape index (κ3) is 5.53. The number of carbonyl (C=O) groups is 1. The summed E-state index contributed by atoms with van der Waals surface area (Å²) in [6.45, 7) is 5.84. The lowest BCUT2D eigenvalue weighted by Gasteiger charge is -2.12. The Bertz CT molecular complexity index is 470. The number of benzene rings is 1. The number of hydrogen-bond acceptors (Lipinski definition) is 4. The molecule has 1 N–H and O–H groups in total. The van der Waals surface area contributed by atoms with E-state index >= 15 is 0 Å². The second kappa shape index (κ2) is 8.82. The first-order valence-electron chi connectivity index (χ1n) is 6.49. The quantitative estimate of drug-likeness (QED) is 0.872. The van der Waals surface area contributed by atoms with Gasteiger partial charge in [0.05, 0.1) is 10.9 Å². The zero-order chi connectivity index (χ0) is 14.9. The average molecular weight is 287 g/mol. The van der Waals surface area contributed by atoms with Gasteiger partial charge in [-0.25, -0.2) is 8.42 Å². The lowest BCUT2D eigenvalue weighted by Crippen LogP contribution is -2.37. The third-order valence-corrected chi connectivity index (χ3v) is 4.23. The molecule has 0 radical (unpaired) electrons. The summed E-state index contributed by atoms with van der Waals surface area (Å²) in [5.74, 6) is -0.741. The van der Waals surface area contributed by atoms with Crippen LogP contribution in [-0.4, -0.2) is 33.0 Å². The van der Waals surface area contributed by atoms with Gasteiger partial charge in [-0.15, -0.1) is 0 Å². The van der Waals surface area contributed by atoms with Crippen LogP contribution in [0.2, 0.25) is 0 Å². The van der Waals surface area contributed by atoms with E-state index in [4.69, 9.17) is 0 Å². The number of likely N-dealkylation sites (N-methyl/N-ethyl adjacent to an activating group) is 1. The van der Waals surface area contributed by atoms with Crippen LogP contribution < -0.4 is 5.32 Å². The Balaban J connectivity index is 0. The normalized spacial score (nSPS) is 12.2. The molecular weight excluding hydrogens is 262 g/mol. The number of nitrogens with one attached hydrogen (secondary N) is 1. The number of Topliss-reactive ketones (excluding diaryl/α,β-unsaturated/α-hetero) is 1. The van der Waals surface area contributed by atoms with Gasteiger partial charge in [0.15, 0.2) is 15.6 Å². The van der Waals surface area contributed by atoms with E-state index in [1.54, 1.807) is 25.2 Å². The van der Waals surface area contributed by atoms with E-state index in [9.17, 15) is 13.2 Å². The van der Waals surface area contributed by atoms with Crippen LogP contribution in [0.3, 0.4) is 0 Å². The molecule has 5 heteroatoms. The zero-order valence-electron chi connectivity index (χ0n) is 12.0. The minimum atomic E-state index is -3.51. The van der Waals surface area contributed by atoms with E-state index in [1.807, 2.05) is 20.8 Å². The van der Waals surface area contributed by atoms with Crippen LogP contribution >= 0.6 is 0 Å². The number of sulfone groups is 1. The van der Waals surface area contributed by atoms with Crippen LogP contribution in [0.15, 0.2) is 35.2 Å². The highest BCUT2D eigenvalue weighted by atomic mass is 32.2. The highest BCUT2D eigenvalue weighted by molar-refractivity contribution is 7.92. The van der Waals surface area contributed by atoms with E-state index in [2.05, 4.69) is 5.32 Å².